The monoisotopic (exact) mass is 69.1 g/mol. The molecule has 3 heteroatoms. The van der Waals surface area contributed by atoms with Crippen LogP contribution in [-0.4, -0.2) is 17.5 Å². The SMILES string of the molecule is CN[SiH3].[H-].[Li+]. The van der Waals surface area contributed by atoms with Crippen molar-refractivity contribution in [3.63, 3.8) is 0 Å². The zero-order valence-electron chi connectivity index (χ0n) is 4.50. The maximum atomic E-state index is 2.89. The molecule has 0 saturated carbocycles. The fourth-order valence-electron chi connectivity index (χ4n) is 0. The summed E-state index contributed by atoms with van der Waals surface area (Å²) in [6.07, 6.45) is 0. The summed E-state index contributed by atoms with van der Waals surface area (Å²) in [6, 6.07) is 0. The average Bonchev–Trinajstić information content (AvgIpc) is 0.918. The fraction of sp³-hybridized carbons (Fsp3) is 1.00. The van der Waals surface area contributed by atoms with Gasteiger partial charge in [-0.2, -0.15) is 0 Å². The Morgan fingerprint density at radius 3 is 2.00 bits per heavy atom. The molecule has 0 aromatic carbocycles. The number of nitrogens with one attached hydrogen (secondary N) is 1. The second-order valence-corrected chi connectivity index (χ2v) is 1.50. The summed E-state index contributed by atoms with van der Waals surface area (Å²) in [6.45, 7) is 0. The molecule has 0 unspecified atom stereocenters. The van der Waals surface area contributed by atoms with Crippen molar-refractivity contribution in [2.45, 2.75) is 0 Å². The zero-order valence-corrected chi connectivity index (χ0v) is 5.50. The first-order valence-corrected chi connectivity index (χ1v) is 2.00. The summed E-state index contributed by atoms with van der Waals surface area (Å²) in [5.74, 6) is 0. The largest absolute Gasteiger partial charge is 1.00 e. The van der Waals surface area contributed by atoms with Crippen LogP contribution in [0.4, 0.5) is 0 Å². The van der Waals surface area contributed by atoms with E-state index in [1.807, 2.05) is 7.05 Å². The molecule has 0 amide bonds. The molecule has 0 aromatic heterocycles. The first kappa shape index (κ1) is 8.84. The fourth-order valence-corrected chi connectivity index (χ4v) is 0. The predicted octanol–water partition coefficient (Wildman–Crippen LogP) is -4.40. The van der Waals surface area contributed by atoms with Gasteiger partial charge < -0.3 is 6.41 Å². The van der Waals surface area contributed by atoms with Gasteiger partial charge in [-0.3, -0.25) is 0 Å². The first-order chi connectivity index (χ1) is 1.41. The van der Waals surface area contributed by atoms with Crippen LogP contribution in [0.25, 0.3) is 0 Å². The van der Waals surface area contributed by atoms with Crippen molar-refractivity contribution in [1.29, 1.82) is 0 Å². The van der Waals surface area contributed by atoms with Gasteiger partial charge in [-0.05, 0) is 7.05 Å². The van der Waals surface area contributed by atoms with E-state index in [0.717, 1.165) is 10.4 Å². The van der Waals surface area contributed by atoms with E-state index in [1.54, 1.807) is 0 Å². The number of rotatable bonds is 0. The summed E-state index contributed by atoms with van der Waals surface area (Å²) in [7, 11) is 3.06. The van der Waals surface area contributed by atoms with Crippen molar-refractivity contribution in [3.8, 4) is 0 Å². The third kappa shape index (κ3) is 14.6. The molecule has 0 aliphatic carbocycles. The van der Waals surface area contributed by atoms with E-state index in [9.17, 15) is 0 Å². The van der Waals surface area contributed by atoms with Gasteiger partial charge in [0, 0.05) is 0 Å². The van der Waals surface area contributed by atoms with E-state index in [1.165, 1.54) is 0 Å². The van der Waals surface area contributed by atoms with E-state index in [4.69, 9.17) is 0 Å². The van der Waals surface area contributed by atoms with Crippen LogP contribution in [0.15, 0.2) is 0 Å². The third-order valence-corrected chi connectivity index (χ3v) is 0. The molecule has 0 aliphatic heterocycles. The smallest absolute Gasteiger partial charge is 1.00 e. The molecular formula is CH8LiNSi. The Balaban J connectivity index is -0.0000000200. The topological polar surface area (TPSA) is 12.0 Å². The van der Waals surface area contributed by atoms with Gasteiger partial charge in [0.2, 0.25) is 0 Å². The second kappa shape index (κ2) is 9.23. The van der Waals surface area contributed by atoms with Crippen molar-refractivity contribution < 1.29 is 20.3 Å². The Kier molecular flexibility index (Phi) is 20.4. The van der Waals surface area contributed by atoms with Crippen LogP contribution in [0.2, 0.25) is 0 Å². The molecule has 0 atom stereocenters. The molecule has 0 bridgehead atoms. The van der Waals surface area contributed by atoms with Crippen LogP contribution in [-0.2, 0) is 0 Å². The second-order valence-electron chi connectivity index (χ2n) is 0.500. The van der Waals surface area contributed by atoms with Gasteiger partial charge in [0.1, 0.15) is 0 Å². The predicted molar refractivity (Wildman–Crippen MR) is 20.1 cm³/mol. The van der Waals surface area contributed by atoms with Gasteiger partial charge in [-0.1, -0.05) is 0 Å². The summed E-state index contributed by atoms with van der Waals surface area (Å²) >= 11 is 0. The van der Waals surface area contributed by atoms with Crippen LogP contribution in [0.1, 0.15) is 1.43 Å². The van der Waals surface area contributed by atoms with E-state index in [2.05, 4.69) is 4.98 Å². The first-order valence-electron chi connectivity index (χ1n) is 1.00. The quantitative estimate of drug-likeness (QED) is 0.283. The van der Waals surface area contributed by atoms with Crippen molar-refractivity contribution in [2.75, 3.05) is 7.05 Å². The van der Waals surface area contributed by atoms with Crippen molar-refractivity contribution in [3.05, 3.63) is 0 Å². The van der Waals surface area contributed by atoms with Crippen LogP contribution in [0.3, 0.4) is 0 Å². The van der Waals surface area contributed by atoms with E-state index < -0.39 is 0 Å². The molecule has 0 radical (unpaired) electrons. The van der Waals surface area contributed by atoms with Crippen LogP contribution < -0.4 is 23.8 Å². The van der Waals surface area contributed by atoms with Crippen LogP contribution in [0.5, 0.6) is 0 Å². The van der Waals surface area contributed by atoms with Gasteiger partial charge in [0.05, 0.1) is 10.4 Å². The summed E-state index contributed by atoms with van der Waals surface area (Å²) in [5, 5.41) is 0. The van der Waals surface area contributed by atoms with Gasteiger partial charge in [0.15, 0.2) is 0 Å². The van der Waals surface area contributed by atoms with Crippen LogP contribution in [0, 0.1) is 0 Å². The molecular weight excluding hydrogens is 61.0 g/mol. The van der Waals surface area contributed by atoms with Gasteiger partial charge in [-0.15, -0.1) is 0 Å². The Labute approximate surface area is 43.3 Å². The molecule has 1 nitrogen and oxygen atoms in total. The Bertz CT molecular complexity index is 11.6. The molecule has 0 aromatic rings. The van der Waals surface area contributed by atoms with Crippen molar-refractivity contribution in [1.82, 2.24) is 4.98 Å². The summed E-state index contributed by atoms with van der Waals surface area (Å²) in [5.41, 5.74) is 0. The Morgan fingerprint density at radius 1 is 2.00 bits per heavy atom. The van der Waals surface area contributed by atoms with E-state index >= 15 is 0 Å². The minimum absolute atomic E-state index is 0. The van der Waals surface area contributed by atoms with Crippen molar-refractivity contribution >= 4 is 10.4 Å². The maximum absolute atomic E-state index is 2.89. The Hall–Kier alpha value is 0.774. The molecule has 0 spiro atoms. The normalized spacial score (nSPS) is 5.25. The van der Waals surface area contributed by atoms with Gasteiger partial charge >= 0.3 is 18.9 Å². The molecule has 22 valence electrons. The van der Waals surface area contributed by atoms with Gasteiger partial charge in [-0.25, -0.2) is 0 Å². The maximum Gasteiger partial charge on any atom is 1.00 e. The molecule has 4 heavy (non-hydrogen) atoms. The minimum atomic E-state index is 0. The molecule has 0 heterocycles. The van der Waals surface area contributed by atoms with Gasteiger partial charge in [0.25, 0.3) is 0 Å². The van der Waals surface area contributed by atoms with E-state index in [0.29, 0.717) is 0 Å². The summed E-state index contributed by atoms with van der Waals surface area (Å²) in [4.78, 5) is 2.89. The molecule has 0 rings (SSSR count). The van der Waals surface area contributed by atoms with E-state index in [-0.39, 0.29) is 20.3 Å². The average molecular weight is 69.1 g/mol. The minimum Gasteiger partial charge on any atom is -1.00 e. The molecule has 0 saturated heterocycles. The molecule has 0 fully saturated rings. The number of hydrogen-bond acceptors (Lipinski definition) is 1. The van der Waals surface area contributed by atoms with Crippen molar-refractivity contribution in [2.24, 2.45) is 0 Å². The zero-order chi connectivity index (χ0) is 2.71. The van der Waals surface area contributed by atoms with Crippen LogP contribution >= 0.6 is 0 Å². The third-order valence-electron chi connectivity index (χ3n) is 0. The number of hydrogen-bond donors (Lipinski definition) is 1. The standard InChI is InChI=1S/CH7NSi.Li.H/c1-2-3;;/h2H,1,3H3;;/q;+1;-1. The Morgan fingerprint density at radius 2 is 2.00 bits per heavy atom. The molecule has 1 N–H and O–H groups in total. The summed E-state index contributed by atoms with van der Waals surface area (Å²) < 4.78 is 0. The molecule has 0 aliphatic rings.